The molecule has 0 fully saturated rings. The Morgan fingerprint density at radius 1 is 1.29 bits per heavy atom. The monoisotopic (exact) mass is 244 g/mol. The smallest absolute Gasteiger partial charge is 0.0468 e. The summed E-state index contributed by atoms with van der Waals surface area (Å²) in [5.74, 6) is 0.687. The van der Waals surface area contributed by atoms with Crippen LogP contribution in [0.25, 0.3) is 0 Å². The Balaban J connectivity index is 1.53. The van der Waals surface area contributed by atoms with Crippen LogP contribution in [0.3, 0.4) is 0 Å². The van der Waals surface area contributed by atoms with Gasteiger partial charge in [0.15, 0.2) is 0 Å². The predicted molar refractivity (Wildman–Crippen MR) is 73.3 cm³/mol. The van der Waals surface area contributed by atoms with Gasteiger partial charge in [0, 0.05) is 29.6 Å². The van der Waals surface area contributed by atoms with Gasteiger partial charge in [-0.25, -0.2) is 0 Å². The number of nitrogens with two attached hydrogens (primary N) is 1. The highest BCUT2D eigenvalue weighted by Gasteiger charge is 2.24. The van der Waals surface area contributed by atoms with Crippen LogP contribution in [0.1, 0.15) is 21.9 Å². The summed E-state index contributed by atoms with van der Waals surface area (Å²) in [6.45, 7) is 1.94. The van der Waals surface area contributed by atoms with Gasteiger partial charge in [-0.2, -0.15) is 0 Å². The molecule has 1 unspecified atom stereocenters. The molecule has 3 rings (SSSR count). The average Bonchev–Trinajstić information content (AvgIpc) is 2.71. The number of fused-ring (bicyclic) bond motifs is 1. The number of thiophene rings is 1. The van der Waals surface area contributed by atoms with Crippen LogP contribution >= 0.6 is 11.3 Å². The third-order valence-electron chi connectivity index (χ3n) is 3.42. The molecule has 1 heterocycles. The largest absolute Gasteiger partial charge is 0.398 e. The molecule has 0 amide bonds. The lowest BCUT2D eigenvalue weighted by molar-refractivity contribution is 0.538. The quantitative estimate of drug-likeness (QED) is 0.868. The lowest BCUT2D eigenvalue weighted by atomic mass is 9.77. The number of hydrogen-bond donors (Lipinski definition) is 2. The molecular formula is C14H16N2S. The van der Waals surface area contributed by atoms with Crippen molar-refractivity contribution in [3.63, 3.8) is 0 Å². The standard InChI is InChI=1S/C14H16N2S/c15-13-5-6-17-14(13)9-16-8-11-7-10-3-1-2-4-12(10)11/h1-6,11,16H,7-9,15H2. The van der Waals surface area contributed by atoms with Crippen LogP contribution in [0.4, 0.5) is 5.69 Å². The van der Waals surface area contributed by atoms with E-state index in [1.807, 2.05) is 11.4 Å². The van der Waals surface area contributed by atoms with Crippen molar-refractivity contribution < 1.29 is 0 Å². The second-order valence-corrected chi connectivity index (χ2v) is 5.53. The molecule has 3 N–H and O–H groups in total. The third-order valence-corrected chi connectivity index (χ3v) is 4.35. The lowest BCUT2D eigenvalue weighted by Crippen LogP contribution is -2.28. The minimum absolute atomic E-state index is 0.687. The SMILES string of the molecule is Nc1ccsc1CNCC1Cc2ccccc21. The number of rotatable bonds is 4. The average molecular weight is 244 g/mol. The van der Waals surface area contributed by atoms with E-state index in [0.29, 0.717) is 5.92 Å². The minimum atomic E-state index is 0.687. The second-order valence-electron chi connectivity index (χ2n) is 4.53. The molecule has 0 saturated carbocycles. The van der Waals surface area contributed by atoms with Gasteiger partial charge in [-0.15, -0.1) is 11.3 Å². The molecule has 0 spiro atoms. The molecule has 1 aliphatic carbocycles. The number of hydrogen-bond acceptors (Lipinski definition) is 3. The van der Waals surface area contributed by atoms with E-state index < -0.39 is 0 Å². The molecule has 1 atom stereocenters. The summed E-state index contributed by atoms with van der Waals surface area (Å²) in [5.41, 5.74) is 9.79. The maximum Gasteiger partial charge on any atom is 0.0468 e. The zero-order valence-electron chi connectivity index (χ0n) is 9.65. The van der Waals surface area contributed by atoms with E-state index in [2.05, 4.69) is 29.6 Å². The Labute approximate surface area is 105 Å². The summed E-state index contributed by atoms with van der Waals surface area (Å²) in [5, 5.41) is 5.55. The molecule has 1 aliphatic rings. The van der Waals surface area contributed by atoms with Crippen LogP contribution in [-0.2, 0) is 13.0 Å². The van der Waals surface area contributed by atoms with Crippen LogP contribution in [-0.4, -0.2) is 6.54 Å². The van der Waals surface area contributed by atoms with Crippen molar-refractivity contribution in [3.8, 4) is 0 Å². The van der Waals surface area contributed by atoms with E-state index in [-0.39, 0.29) is 0 Å². The fourth-order valence-corrected chi connectivity index (χ4v) is 3.17. The van der Waals surface area contributed by atoms with Crippen LogP contribution < -0.4 is 11.1 Å². The highest BCUT2D eigenvalue weighted by Crippen LogP contribution is 2.34. The Morgan fingerprint density at radius 3 is 2.94 bits per heavy atom. The van der Waals surface area contributed by atoms with E-state index in [1.54, 1.807) is 11.3 Å². The maximum absolute atomic E-state index is 5.85. The fourth-order valence-electron chi connectivity index (χ4n) is 2.40. The van der Waals surface area contributed by atoms with E-state index in [0.717, 1.165) is 18.8 Å². The molecule has 1 aromatic heterocycles. The summed E-state index contributed by atoms with van der Waals surface area (Å²) in [6.07, 6.45) is 1.21. The van der Waals surface area contributed by atoms with Crippen molar-refractivity contribution in [1.29, 1.82) is 0 Å². The lowest BCUT2D eigenvalue weighted by Gasteiger charge is -2.30. The van der Waals surface area contributed by atoms with Gasteiger partial charge < -0.3 is 11.1 Å². The van der Waals surface area contributed by atoms with Crippen molar-refractivity contribution >= 4 is 17.0 Å². The fraction of sp³-hybridized carbons (Fsp3) is 0.286. The summed E-state index contributed by atoms with van der Waals surface area (Å²) in [6, 6.07) is 10.7. The molecule has 0 radical (unpaired) electrons. The zero-order chi connectivity index (χ0) is 11.7. The summed E-state index contributed by atoms with van der Waals surface area (Å²) >= 11 is 1.72. The molecule has 3 heteroatoms. The highest BCUT2D eigenvalue weighted by molar-refractivity contribution is 7.10. The van der Waals surface area contributed by atoms with Crippen LogP contribution in [0.5, 0.6) is 0 Å². The van der Waals surface area contributed by atoms with Gasteiger partial charge in [0.05, 0.1) is 0 Å². The predicted octanol–water partition coefficient (Wildman–Crippen LogP) is 2.76. The van der Waals surface area contributed by atoms with E-state index in [4.69, 9.17) is 5.73 Å². The van der Waals surface area contributed by atoms with Crippen molar-refractivity contribution in [1.82, 2.24) is 5.32 Å². The first-order valence-electron chi connectivity index (χ1n) is 5.95. The van der Waals surface area contributed by atoms with Gasteiger partial charge in [0.2, 0.25) is 0 Å². The van der Waals surface area contributed by atoms with Crippen LogP contribution in [0.2, 0.25) is 0 Å². The van der Waals surface area contributed by atoms with E-state index in [9.17, 15) is 0 Å². The Hall–Kier alpha value is -1.32. The van der Waals surface area contributed by atoms with Crippen molar-refractivity contribution in [2.75, 3.05) is 12.3 Å². The number of anilines is 1. The first-order valence-corrected chi connectivity index (χ1v) is 6.83. The molecule has 17 heavy (non-hydrogen) atoms. The van der Waals surface area contributed by atoms with Gasteiger partial charge in [0.1, 0.15) is 0 Å². The van der Waals surface area contributed by atoms with E-state index in [1.165, 1.54) is 22.4 Å². The molecular weight excluding hydrogens is 228 g/mol. The summed E-state index contributed by atoms with van der Waals surface area (Å²) in [4.78, 5) is 1.25. The third kappa shape index (κ3) is 2.08. The van der Waals surface area contributed by atoms with Gasteiger partial charge in [-0.1, -0.05) is 24.3 Å². The van der Waals surface area contributed by atoms with Gasteiger partial charge >= 0.3 is 0 Å². The number of benzene rings is 1. The van der Waals surface area contributed by atoms with Crippen LogP contribution in [0, 0.1) is 0 Å². The first-order chi connectivity index (χ1) is 8.34. The van der Waals surface area contributed by atoms with Crippen LogP contribution in [0.15, 0.2) is 35.7 Å². The molecule has 2 aromatic rings. The van der Waals surface area contributed by atoms with Gasteiger partial charge in [-0.05, 0) is 29.0 Å². The topological polar surface area (TPSA) is 38.0 Å². The van der Waals surface area contributed by atoms with Gasteiger partial charge in [-0.3, -0.25) is 0 Å². The summed E-state index contributed by atoms with van der Waals surface area (Å²) < 4.78 is 0. The first kappa shape index (κ1) is 10.8. The molecule has 0 bridgehead atoms. The maximum atomic E-state index is 5.85. The zero-order valence-corrected chi connectivity index (χ0v) is 10.5. The molecule has 0 saturated heterocycles. The second kappa shape index (κ2) is 4.51. The number of nitrogen functional groups attached to an aromatic ring is 1. The normalized spacial score (nSPS) is 17.5. The highest BCUT2D eigenvalue weighted by atomic mass is 32.1. The number of nitrogens with one attached hydrogen (secondary N) is 1. The Morgan fingerprint density at radius 2 is 2.18 bits per heavy atom. The van der Waals surface area contributed by atoms with Crippen molar-refractivity contribution in [2.24, 2.45) is 0 Å². The summed E-state index contributed by atoms with van der Waals surface area (Å²) in [7, 11) is 0. The molecule has 1 aromatic carbocycles. The Kier molecular flexibility index (Phi) is 2.87. The van der Waals surface area contributed by atoms with Gasteiger partial charge in [0.25, 0.3) is 0 Å². The molecule has 2 nitrogen and oxygen atoms in total. The van der Waals surface area contributed by atoms with Crippen molar-refractivity contribution in [2.45, 2.75) is 18.9 Å². The Bertz CT molecular complexity index is 518. The van der Waals surface area contributed by atoms with Crippen molar-refractivity contribution in [3.05, 3.63) is 51.7 Å². The van der Waals surface area contributed by atoms with E-state index >= 15 is 0 Å². The minimum Gasteiger partial charge on any atom is -0.398 e. The molecule has 88 valence electrons. The molecule has 0 aliphatic heterocycles.